The van der Waals surface area contributed by atoms with E-state index in [1.807, 2.05) is 12.1 Å². The van der Waals surface area contributed by atoms with E-state index in [2.05, 4.69) is 59.5 Å². The molecular weight excluding hydrogens is 308 g/mol. The van der Waals surface area contributed by atoms with Crippen molar-refractivity contribution in [3.05, 3.63) is 72.3 Å². The zero-order valence-electron chi connectivity index (χ0n) is 14.7. The Morgan fingerprint density at radius 3 is 2.40 bits per heavy atom. The molecule has 0 amide bonds. The summed E-state index contributed by atoms with van der Waals surface area (Å²) in [5.74, 6) is 0.973. The summed E-state index contributed by atoms with van der Waals surface area (Å²) in [7, 11) is 1.75. The van der Waals surface area contributed by atoms with Gasteiger partial charge in [0, 0.05) is 5.56 Å². The summed E-state index contributed by atoms with van der Waals surface area (Å²) in [4.78, 5) is 4.10. The fraction of sp³-hybridized carbons (Fsp3) is 0.273. The molecule has 0 aromatic heterocycles. The molecule has 3 aromatic rings. The second-order valence-electron chi connectivity index (χ2n) is 6.77. The smallest absolute Gasteiger partial charge is 0.142 e. The topological polar surface area (TPSA) is 16.9 Å². The largest absolute Gasteiger partial charge is 0.495 e. The Bertz CT molecular complexity index is 853. The molecule has 0 aliphatic carbocycles. The number of rotatable bonds is 4. The highest BCUT2D eigenvalue weighted by atomic mass is 16.5. The monoisotopic (exact) mass is 333 g/mol. The van der Waals surface area contributed by atoms with E-state index in [9.17, 15) is 0 Å². The number of para-hydroxylation sites is 2. The van der Waals surface area contributed by atoms with Crippen LogP contribution in [0.4, 0.5) is 5.69 Å². The number of piperazine rings is 1. The fourth-order valence-electron chi connectivity index (χ4n) is 3.77. The molecule has 0 saturated carbocycles. The average Bonchev–Trinajstić information content (AvgIpc) is 2.68. The lowest BCUT2D eigenvalue weighted by Gasteiger charge is -2.34. The Labute approximate surface area is 149 Å². The van der Waals surface area contributed by atoms with Crippen molar-refractivity contribution in [1.82, 2.24) is 0 Å². The molecule has 1 aliphatic rings. The van der Waals surface area contributed by atoms with Gasteiger partial charge in [0.05, 0.1) is 39.0 Å². The Hall–Kier alpha value is -2.52. The summed E-state index contributed by atoms with van der Waals surface area (Å²) in [6, 6.07) is 23.8. The van der Waals surface area contributed by atoms with Crippen molar-refractivity contribution in [3.63, 3.8) is 0 Å². The van der Waals surface area contributed by atoms with E-state index in [0.29, 0.717) is 0 Å². The second kappa shape index (κ2) is 7.16. The standard InChI is InChI=1S/C22H24N2O/c1-25-22-9-5-4-8-21(22)24-14-12-23(13-15-24)17-18-10-11-19-6-2-3-7-20(19)16-18/h2-11,16H,12-15,17H2,1H3/p+1. The molecule has 1 aliphatic heterocycles. The van der Waals surface area contributed by atoms with E-state index in [4.69, 9.17) is 4.74 Å². The van der Waals surface area contributed by atoms with Gasteiger partial charge in [-0.15, -0.1) is 0 Å². The minimum Gasteiger partial charge on any atom is -0.495 e. The average molecular weight is 333 g/mol. The number of nitrogens with one attached hydrogen (secondary N) is 1. The van der Waals surface area contributed by atoms with Crippen LogP contribution in [0, 0.1) is 0 Å². The number of hydrogen-bond donors (Lipinski definition) is 1. The van der Waals surface area contributed by atoms with Gasteiger partial charge in [0.1, 0.15) is 12.3 Å². The Morgan fingerprint density at radius 1 is 0.880 bits per heavy atom. The van der Waals surface area contributed by atoms with Gasteiger partial charge in [-0.25, -0.2) is 0 Å². The molecule has 0 bridgehead atoms. The number of methoxy groups -OCH3 is 1. The molecule has 1 saturated heterocycles. The number of ether oxygens (including phenoxy) is 1. The van der Waals surface area contributed by atoms with Gasteiger partial charge in [-0.1, -0.05) is 48.5 Å². The van der Waals surface area contributed by atoms with Gasteiger partial charge in [-0.3, -0.25) is 0 Å². The van der Waals surface area contributed by atoms with Crippen molar-refractivity contribution >= 4 is 16.5 Å². The lowest BCUT2D eigenvalue weighted by Crippen LogP contribution is -3.13. The number of hydrogen-bond acceptors (Lipinski definition) is 2. The van der Waals surface area contributed by atoms with Gasteiger partial charge in [-0.05, 0) is 29.0 Å². The molecular formula is C22H25N2O+. The number of fused-ring (bicyclic) bond motifs is 1. The van der Waals surface area contributed by atoms with Gasteiger partial charge in [0.15, 0.2) is 0 Å². The lowest BCUT2D eigenvalue weighted by atomic mass is 10.1. The van der Waals surface area contributed by atoms with Crippen LogP contribution in [0.1, 0.15) is 5.56 Å². The highest BCUT2D eigenvalue weighted by Crippen LogP contribution is 2.27. The molecule has 128 valence electrons. The first-order valence-electron chi connectivity index (χ1n) is 9.03. The van der Waals surface area contributed by atoms with Gasteiger partial charge in [0.2, 0.25) is 0 Å². The maximum atomic E-state index is 5.51. The summed E-state index contributed by atoms with van der Waals surface area (Å²) in [5.41, 5.74) is 2.65. The van der Waals surface area contributed by atoms with Crippen LogP contribution in [0.25, 0.3) is 10.8 Å². The maximum Gasteiger partial charge on any atom is 0.142 e. The first-order chi connectivity index (χ1) is 12.3. The van der Waals surface area contributed by atoms with E-state index >= 15 is 0 Å². The van der Waals surface area contributed by atoms with Crippen LogP contribution in [0.3, 0.4) is 0 Å². The van der Waals surface area contributed by atoms with Gasteiger partial charge in [-0.2, -0.15) is 0 Å². The predicted octanol–water partition coefficient (Wildman–Crippen LogP) is 2.75. The van der Waals surface area contributed by atoms with E-state index in [1.54, 1.807) is 12.0 Å². The molecule has 3 nitrogen and oxygen atoms in total. The van der Waals surface area contributed by atoms with Gasteiger partial charge >= 0.3 is 0 Å². The number of quaternary nitrogens is 1. The fourth-order valence-corrected chi connectivity index (χ4v) is 3.77. The number of benzene rings is 3. The van der Waals surface area contributed by atoms with Gasteiger partial charge < -0.3 is 14.5 Å². The zero-order chi connectivity index (χ0) is 17.1. The molecule has 25 heavy (non-hydrogen) atoms. The van der Waals surface area contributed by atoms with Crippen molar-refractivity contribution < 1.29 is 9.64 Å². The maximum absolute atomic E-state index is 5.51. The van der Waals surface area contributed by atoms with Crippen molar-refractivity contribution in [2.45, 2.75) is 6.54 Å². The summed E-state index contributed by atoms with van der Waals surface area (Å²) in [5, 5.41) is 2.66. The summed E-state index contributed by atoms with van der Waals surface area (Å²) in [6.07, 6.45) is 0. The highest BCUT2D eigenvalue weighted by molar-refractivity contribution is 5.82. The lowest BCUT2D eigenvalue weighted by molar-refractivity contribution is -0.914. The van der Waals surface area contributed by atoms with Crippen molar-refractivity contribution in [3.8, 4) is 5.75 Å². The summed E-state index contributed by atoms with van der Waals surface area (Å²) < 4.78 is 5.51. The third kappa shape index (κ3) is 3.47. The number of anilines is 1. The van der Waals surface area contributed by atoms with Crippen molar-refractivity contribution in [2.24, 2.45) is 0 Å². The molecule has 1 N–H and O–H groups in total. The summed E-state index contributed by atoms with van der Waals surface area (Å²) in [6.45, 7) is 5.56. The van der Waals surface area contributed by atoms with E-state index in [-0.39, 0.29) is 0 Å². The summed E-state index contributed by atoms with van der Waals surface area (Å²) >= 11 is 0. The normalized spacial score (nSPS) is 15.5. The minimum absolute atomic E-state index is 0.973. The molecule has 0 radical (unpaired) electrons. The second-order valence-corrected chi connectivity index (χ2v) is 6.77. The molecule has 4 rings (SSSR count). The Morgan fingerprint density at radius 2 is 1.60 bits per heavy atom. The van der Waals surface area contributed by atoms with E-state index in [0.717, 1.165) is 38.5 Å². The van der Waals surface area contributed by atoms with Crippen molar-refractivity contribution in [2.75, 3.05) is 38.2 Å². The molecule has 1 heterocycles. The van der Waals surface area contributed by atoms with E-state index < -0.39 is 0 Å². The van der Waals surface area contributed by atoms with Crippen LogP contribution in [-0.2, 0) is 6.54 Å². The van der Waals surface area contributed by atoms with E-state index in [1.165, 1.54) is 22.0 Å². The van der Waals surface area contributed by atoms with Crippen LogP contribution in [0.2, 0.25) is 0 Å². The van der Waals surface area contributed by atoms with Crippen LogP contribution < -0.4 is 14.5 Å². The van der Waals surface area contributed by atoms with Crippen LogP contribution in [-0.4, -0.2) is 33.3 Å². The highest BCUT2D eigenvalue weighted by Gasteiger charge is 2.22. The SMILES string of the molecule is COc1ccccc1N1CC[NH+](Cc2ccc3ccccc3c2)CC1. The van der Waals surface area contributed by atoms with Gasteiger partial charge in [0.25, 0.3) is 0 Å². The molecule has 0 unspecified atom stereocenters. The predicted molar refractivity (Wildman–Crippen MR) is 104 cm³/mol. The number of nitrogens with zero attached hydrogens (tertiary/aromatic N) is 1. The Balaban J connectivity index is 1.41. The third-order valence-corrected chi connectivity index (χ3v) is 5.16. The minimum atomic E-state index is 0.973. The molecule has 0 atom stereocenters. The van der Waals surface area contributed by atoms with Crippen LogP contribution in [0.15, 0.2) is 66.7 Å². The zero-order valence-corrected chi connectivity index (χ0v) is 14.7. The van der Waals surface area contributed by atoms with Crippen molar-refractivity contribution in [1.29, 1.82) is 0 Å². The molecule has 0 spiro atoms. The first kappa shape index (κ1) is 16.0. The van der Waals surface area contributed by atoms with Crippen LogP contribution >= 0.6 is 0 Å². The molecule has 1 fully saturated rings. The molecule has 3 aromatic carbocycles. The first-order valence-corrected chi connectivity index (χ1v) is 9.03. The quantitative estimate of drug-likeness (QED) is 0.791. The third-order valence-electron chi connectivity index (χ3n) is 5.16. The molecule has 3 heteroatoms. The Kier molecular flexibility index (Phi) is 4.57. The van der Waals surface area contributed by atoms with Crippen LogP contribution in [0.5, 0.6) is 5.75 Å².